The molecule has 1 amide bonds. The van der Waals surface area contributed by atoms with Crippen LogP contribution in [0.25, 0.3) is 0 Å². The van der Waals surface area contributed by atoms with Crippen LogP contribution in [0.2, 0.25) is 5.02 Å². The highest BCUT2D eigenvalue weighted by Gasteiger charge is 2.08. The molecule has 0 aliphatic rings. The van der Waals surface area contributed by atoms with Gasteiger partial charge >= 0.3 is 0 Å². The standard InChI is InChI=1S/C16H15ClFNO2/c1-10-4-3-5-15(11(10)2)19-16(20)9-21-12-6-7-14(18)13(17)8-12/h3-8H,9H2,1-2H3,(H,19,20). The lowest BCUT2D eigenvalue weighted by Crippen LogP contribution is -2.20. The van der Waals surface area contributed by atoms with Gasteiger partial charge in [0.1, 0.15) is 11.6 Å². The molecule has 0 unspecified atom stereocenters. The highest BCUT2D eigenvalue weighted by atomic mass is 35.5. The van der Waals surface area contributed by atoms with E-state index in [1.165, 1.54) is 18.2 Å². The number of carbonyl (C=O) groups is 1. The molecule has 0 spiro atoms. The Morgan fingerprint density at radius 2 is 2.05 bits per heavy atom. The minimum atomic E-state index is -0.524. The number of hydrogen-bond donors (Lipinski definition) is 1. The van der Waals surface area contributed by atoms with Crippen molar-refractivity contribution in [3.63, 3.8) is 0 Å². The topological polar surface area (TPSA) is 38.3 Å². The van der Waals surface area contributed by atoms with Crippen molar-refractivity contribution < 1.29 is 13.9 Å². The van der Waals surface area contributed by atoms with Crippen LogP contribution in [0.4, 0.5) is 10.1 Å². The van der Waals surface area contributed by atoms with E-state index in [4.69, 9.17) is 16.3 Å². The molecule has 110 valence electrons. The fraction of sp³-hybridized carbons (Fsp3) is 0.188. The summed E-state index contributed by atoms with van der Waals surface area (Å²) < 4.78 is 18.3. The Morgan fingerprint density at radius 3 is 2.76 bits per heavy atom. The highest BCUT2D eigenvalue weighted by Crippen LogP contribution is 2.21. The maximum atomic E-state index is 13.0. The zero-order valence-electron chi connectivity index (χ0n) is 11.7. The predicted molar refractivity (Wildman–Crippen MR) is 81.5 cm³/mol. The number of aryl methyl sites for hydroxylation is 1. The molecule has 2 rings (SSSR count). The van der Waals surface area contributed by atoms with E-state index >= 15 is 0 Å². The average molecular weight is 308 g/mol. The SMILES string of the molecule is Cc1cccc(NC(=O)COc2ccc(F)c(Cl)c2)c1C. The monoisotopic (exact) mass is 307 g/mol. The first-order valence-corrected chi connectivity index (χ1v) is 6.79. The molecule has 5 heteroatoms. The van der Waals surface area contributed by atoms with E-state index in [1.54, 1.807) is 0 Å². The van der Waals surface area contributed by atoms with Gasteiger partial charge in [-0.1, -0.05) is 23.7 Å². The second-order valence-corrected chi connectivity index (χ2v) is 5.07. The van der Waals surface area contributed by atoms with Gasteiger partial charge in [0.2, 0.25) is 0 Å². The van der Waals surface area contributed by atoms with E-state index < -0.39 is 5.82 Å². The summed E-state index contributed by atoms with van der Waals surface area (Å²) in [5.41, 5.74) is 2.86. The molecule has 0 fully saturated rings. The van der Waals surface area contributed by atoms with Gasteiger partial charge in [0.15, 0.2) is 6.61 Å². The van der Waals surface area contributed by atoms with Crippen molar-refractivity contribution in [1.29, 1.82) is 0 Å². The molecule has 0 aliphatic heterocycles. The number of hydrogen-bond acceptors (Lipinski definition) is 2. The quantitative estimate of drug-likeness (QED) is 0.923. The van der Waals surface area contributed by atoms with Crippen LogP contribution < -0.4 is 10.1 Å². The molecule has 0 bridgehead atoms. The van der Waals surface area contributed by atoms with E-state index in [1.807, 2.05) is 32.0 Å². The minimum Gasteiger partial charge on any atom is -0.484 e. The first-order valence-electron chi connectivity index (χ1n) is 6.41. The van der Waals surface area contributed by atoms with Gasteiger partial charge < -0.3 is 10.1 Å². The van der Waals surface area contributed by atoms with Crippen molar-refractivity contribution in [1.82, 2.24) is 0 Å². The van der Waals surface area contributed by atoms with Crippen molar-refractivity contribution >= 4 is 23.2 Å². The third-order valence-corrected chi connectivity index (χ3v) is 3.43. The summed E-state index contributed by atoms with van der Waals surface area (Å²) in [6.07, 6.45) is 0. The van der Waals surface area contributed by atoms with Crippen molar-refractivity contribution in [3.8, 4) is 5.75 Å². The summed E-state index contributed by atoms with van der Waals surface area (Å²) >= 11 is 5.64. The maximum absolute atomic E-state index is 13.0. The van der Waals surface area contributed by atoms with Crippen LogP contribution in [-0.4, -0.2) is 12.5 Å². The van der Waals surface area contributed by atoms with Gasteiger partial charge in [-0.3, -0.25) is 4.79 Å². The van der Waals surface area contributed by atoms with Gasteiger partial charge in [-0.2, -0.15) is 0 Å². The van der Waals surface area contributed by atoms with Crippen LogP contribution >= 0.6 is 11.6 Å². The molecule has 0 heterocycles. The zero-order valence-corrected chi connectivity index (χ0v) is 12.5. The average Bonchev–Trinajstić information content (AvgIpc) is 2.45. The third-order valence-electron chi connectivity index (χ3n) is 3.14. The molecule has 1 N–H and O–H groups in total. The molecular formula is C16H15ClFNO2. The van der Waals surface area contributed by atoms with Crippen molar-refractivity contribution in [2.45, 2.75) is 13.8 Å². The van der Waals surface area contributed by atoms with Gasteiger partial charge in [0.05, 0.1) is 5.02 Å². The lowest BCUT2D eigenvalue weighted by molar-refractivity contribution is -0.118. The zero-order chi connectivity index (χ0) is 15.4. The van der Waals surface area contributed by atoms with E-state index in [0.717, 1.165) is 16.8 Å². The fourth-order valence-electron chi connectivity index (χ4n) is 1.79. The number of halogens is 2. The largest absolute Gasteiger partial charge is 0.484 e. The molecule has 21 heavy (non-hydrogen) atoms. The summed E-state index contributed by atoms with van der Waals surface area (Å²) in [5, 5.41) is 2.74. The minimum absolute atomic E-state index is 0.0394. The normalized spacial score (nSPS) is 10.3. The summed E-state index contributed by atoms with van der Waals surface area (Å²) in [4.78, 5) is 11.9. The molecule has 0 aromatic heterocycles. The Bertz CT molecular complexity index is 673. The van der Waals surface area contributed by atoms with E-state index in [-0.39, 0.29) is 17.5 Å². The molecule has 0 saturated carbocycles. The van der Waals surface area contributed by atoms with Gasteiger partial charge in [-0.05, 0) is 43.2 Å². The molecule has 0 saturated heterocycles. The fourth-order valence-corrected chi connectivity index (χ4v) is 1.96. The molecule has 3 nitrogen and oxygen atoms in total. The number of rotatable bonds is 4. The van der Waals surface area contributed by atoms with Crippen molar-refractivity contribution in [2.75, 3.05) is 11.9 Å². The van der Waals surface area contributed by atoms with Crippen molar-refractivity contribution in [2.24, 2.45) is 0 Å². The number of carbonyl (C=O) groups excluding carboxylic acids is 1. The van der Waals surface area contributed by atoms with E-state index in [0.29, 0.717) is 5.75 Å². The second kappa shape index (κ2) is 6.59. The molecule has 0 radical (unpaired) electrons. The van der Waals surface area contributed by atoms with Gasteiger partial charge in [0.25, 0.3) is 5.91 Å². The molecule has 2 aromatic rings. The highest BCUT2D eigenvalue weighted by molar-refractivity contribution is 6.30. The molecule has 0 aliphatic carbocycles. The first kappa shape index (κ1) is 15.3. The lowest BCUT2D eigenvalue weighted by atomic mass is 10.1. The lowest BCUT2D eigenvalue weighted by Gasteiger charge is -2.11. The van der Waals surface area contributed by atoms with Gasteiger partial charge in [0, 0.05) is 11.8 Å². The summed E-state index contributed by atoms with van der Waals surface area (Å²) in [6, 6.07) is 9.63. The first-order chi connectivity index (χ1) is 9.97. The number of nitrogens with one attached hydrogen (secondary N) is 1. The summed E-state index contributed by atoms with van der Waals surface area (Å²) in [6.45, 7) is 3.74. The predicted octanol–water partition coefficient (Wildman–Crippen LogP) is 4.11. The van der Waals surface area contributed by atoms with Crippen LogP contribution in [0.15, 0.2) is 36.4 Å². The summed E-state index contributed by atoms with van der Waals surface area (Å²) in [7, 11) is 0. The molecular weight excluding hydrogens is 293 g/mol. The maximum Gasteiger partial charge on any atom is 0.262 e. The van der Waals surface area contributed by atoms with E-state index in [2.05, 4.69) is 5.32 Å². The second-order valence-electron chi connectivity index (χ2n) is 4.66. The Kier molecular flexibility index (Phi) is 4.81. The van der Waals surface area contributed by atoms with Crippen LogP contribution in [0, 0.1) is 19.7 Å². The van der Waals surface area contributed by atoms with Crippen LogP contribution in [0.1, 0.15) is 11.1 Å². The van der Waals surface area contributed by atoms with Gasteiger partial charge in [-0.25, -0.2) is 4.39 Å². The van der Waals surface area contributed by atoms with Crippen LogP contribution in [0.5, 0.6) is 5.75 Å². The Labute approximate surface area is 127 Å². The number of benzene rings is 2. The summed E-state index contributed by atoms with van der Waals surface area (Å²) in [5.74, 6) is -0.467. The number of ether oxygens (including phenoxy) is 1. The third kappa shape index (κ3) is 3.95. The van der Waals surface area contributed by atoms with Crippen LogP contribution in [0.3, 0.4) is 0 Å². The van der Waals surface area contributed by atoms with Crippen molar-refractivity contribution in [3.05, 3.63) is 58.4 Å². The van der Waals surface area contributed by atoms with E-state index in [9.17, 15) is 9.18 Å². The Hall–Kier alpha value is -2.07. The number of anilines is 1. The number of amides is 1. The molecule has 0 atom stereocenters. The van der Waals surface area contributed by atoms with Gasteiger partial charge in [-0.15, -0.1) is 0 Å². The van der Waals surface area contributed by atoms with Crippen LogP contribution in [-0.2, 0) is 4.79 Å². The Morgan fingerprint density at radius 1 is 1.29 bits per heavy atom. The molecule has 2 aromatic carbocycles. The smallest absolute Gasteiger partial charge is 0.262 e. The Balaban J connectivity index is 1.96.